The summed E-state index contributed by atoms with van der Waals surface area (Å²) < 4.78 is 38.2. The summed E-state index contributed by atoms with van der Waals surface area (Å²) in [5.74, 6) is 0.342. The third kappa shape index (κ3) is 3.97. The van der Waals surface area contributed by atoms with Gasteiger partial charge in [0.15, 0.2) is 0 Å². The van der Waals surface area contributed by atoms with E-state index < -0.39 is 10.0 Å². The zero-order valence-electron chi connectivity index (χ0n) is 12.2. The van der Waals surface area contributed by atoms with Crippen molar-refractivity contribution in [3.63, 3.8) is 0 Å². The van der Waals surface area contributed by atoms with Gasteiger partial charge in [0, 0.05) is 24.7 Å². The van der Waals surface area contributed by atoms with Gasteiger partial charge in [-0.15, -0.1) is 0 Å². The van der Waals surface area contributed by atoms with Crippen LogP contribution in [0.1, 0.15) is 19.3 Å². The summed E-state index contributed by atoms with van der Waals surface area (Å²) in [6.45, 7) is 1.07. The van der Waals surface area contributed by atoms with Crippen molar-refractivity contribution in [1.82, 2.24) is 4.31 Å². The first kappa shape index (κ1) is 16.7. The molecular weight excluding hydrogens is 358 g/mol. The Morgan fingerprint density at radius 1 is 1.43 bits per heavy atom. The van der Waals surface area contributed by atoms with Crippen molar-refractivity contribution in [2.45, 2.75) is 30.3 Å². The molecule has 1 aromatic carbocycles. The van der Waals surface area contributed by atoms with E-state index in [-0.39, 0.29) is 11.0 Å². The molecule has 0 N–H and O–H groups in total. The van der Waals surface area contributed by atoms with Gasteiger partial charge in [-0.1, -0.05) is 15.9 Å². The van der Waals surface area contributed by atoms with E-state index in [1.165, 1.54) is 11.4 Å². The van der Waals surface area contributed by atoms with Crippen LogP contribution in [0.2, 0.25) is 0 Å². The van der Waals surface area contributed by atoms with Crippen molar-refractivity contribution in [1.29, 1.82) is 0 Å². The molecule has 5 nitrogen and oxygen atoms in total. The molecule has 0 aromatic heterocycles. The van der Waals surface area contributed by atoms with Gasteiger partial charge in [0.2, 0.25) is 10.0 Å². The topological polar surface area (TPSA) is 55.8 Å². The van der Waals surface area contributed by atoms with Crippen LogP contribution in [0.4, 0.5) is 0 Å². The molecule has 0 bridgehead atoms. The molecule has 0 spiro atoms. The third-order valence-corrected chi connectivity index (χ3v) is 5.89. The zero-order valence-corrected chi connectivity index (χ0v) is 14.6. The summed E-state index contributed by atoms with van der Waals surface area (Å²) in [4.78, 5) is 0.165. The molecule has 1 unspecified atom stereocenters. The largest absolute Gasteiger partial charge is 0.495 e. The lowest BCUT2D eigenvalue weighted by molar-refractivity contribution is 0.00857. The van der Waals surface area contributed by atoms with Gasteiger partial charge in [-0.3, -0.25) is 0 Å². The quantitative estimate of drug-likeness (QED) is 0.791. The van der Waals surface area contributed by atoms with Gasteiger partial charge >= 0.3 is 0 Å². The van der Waals surface area contributed by atoms with E-state index in [9.17, 15) is 8.42 Å². The second kappa shape index (κ2) is 7.09. The molecule has 1 fully saturated rings. The first-order valence-corrected chi connectivity index (χ1v) is 9.10. The van der Waals surface area contributed by atoms with Gasteiger partial charge in [-0.2, -0.15) is 4.31 Å². The molecule has 0 radical (unpaired) electrons. The number of methoxy groups -OCH3 is 1. The number of hydrogen-bond donors (Lipinski definition) is 0. The standard InChI is InChI=1S/C14H20BrNO4S/c1-16(10-12-5-3-4-8-20-12)21(17,18)14-9-11(15)6-7-13(14)19-2/h6-7,9,12H,3-5,8,10H2,1-2H3. The number of likely N-dealkylation sites (N-methyl/N-ethyl adjacent to an activating group) is 1. The van der Waals surface area contributed by atoms with Gasteiger partial charge < -0.3 is 9.47 Å². The fourth-order valence-corrected chi connectivity index (χ4v) is 4.25. The molecule has 2 rings (SSSR count). The minimum atomic E-state index is -3.61. The SMILES string of the molecule is COc1ccc(Br)cc1S(=O)(=O)N(C)CC1CCCCO1. The molecule has 1 aliphatic heterocycles. The number of ether oxygens (including phenoxy) is 2. The van der Waals surface area contributed by atoms with E-state index in [1.54, 1.807) is 25.2 Å². The molecule has 0 amide bonds. The Balaban J connectivity index is 2.22. The maximum absolute atomic E-state index is 12.7. The number of benzene rings is 1. The Bertz CT molecular complexity index is 585. The predicted molar refractivity (Wildman–Crippen MR) is 84.1 cm³/mol. The van der Waals surface area contributed by atoms with Crippen LogP contribution in [0.25, 0.3) is 0 Å². The highest BCUT2D eigenvalue weighted by Gasteiger charge is 2.28. The second-order valence-corrected chi connectivity index (χ2v) is 8.00. The normalized spacial score (nSPS) is 19.7. The monoisotopic (exact) mass is 377 g/mol. The number of sulfonamides is 1. The van der Waals surface area contributed by atoms with Gasteiger partial charge in [0.05, 0.1) is 13.2 Å². The summed E-state index contributed by atoms with van der Waals surface area (Å²) in [6.07, 6.45) is 3.00. The maximum Gasteiger partial charge on any atom is 0.246 e. The minimum absolute atomic E-state index is 0.0309. The van der Waals surface area contributed by atoms with E-state index in [0.717, 1.165) is 19.3 Å². The van der Waals surface area contributed by atoms with Crippen LogP contribution >= 0.6 is 15.9 Å². The predicted octanol–water partition coefficient (Wildman–Crippen LogP) is 2.65. The highest BCUT2D eigenvalue weighted by molar-refractivity contribution is 9.10. The third-order valence-electron chi connectivity index (χ3n) is 3.55. The first-order chi connectivity index (χ1) is 9.95. The van der Waals surface area contributed by atoms with Gasteiger partial charge in [0.1, 0.15) is 10.6 Å². The lowest BCUT2D eigenvalue weighted by Gasteiger charge is -2.27. The molecule has 1 aromatic rings. The highest BCUT2D eigenvalue weighted by Crippen LogP contribution is 2.29. The van der Waals surface area contributed by atoms with Crippen LogP contribution in [0.5, 0.6) is 5.75 Å². The van der Waals surface area contributed by atoms with Crippen molar-refractivity contribution >= 4 is 26.0 Å². The van der Waals surface area contributed by atoms with E-state index >= 15 is 0 Å². The van der Waals surface area contributed by atoms with Crippen LogP contribution in [0.3, 0.4) is 0 Å². The Morgan fingerprint density at radius 3 is 2.81 bits per heavy atom. The number of rotatable bonds is 5. The van der Waals surface area contributed by atoms with Crippen LogP contribution < -0.4 is 4.74 Å². The van der Waals surface area contributed by atoms with Crippen molar-refractivity contribution < 1.29 is 17.9 Å². The van der Waals surface area contributed by atoms with Crippen molar-refractivity contribution in [3.05, 3.63) is 22.7 Å². The van der Waals surface area contributed by atoms with E-state index in [2.05, 4.69) is 15.9 Å². The smallest absolute Gasteiger partial charge is 0.246 e. The maximum atomic E-state index is 12.7. The van der Waals surface area contributed by atoms with Gasteiger partial charge in [0.25, 0.3) is 0 Å². The number of nitrogens with zero attached hydrogens (tertiary/aromatic N) is 1. The van der Waals surface area contributed by atoms with Crippen molar-refractivity contribution in [2.24, 2.45) is 0 Å². The number of halogens is 1. The summed E-state index contributed by atoms with van der Waals surface area (Å²) in [5.41, 5.74) is 0. The average Bonchev–Trinajstić information content (AvgIpc) is 2.48. The van der Waals surface area contributed by atoms with Crippen molar-refractivity contribution in [2.75, 3.05) is 27.3 Å². The molecule has 1 aliphatic rings. The fourth-order valence-electron chi connectivity index (χ4n) is 2.36. The first-order valence-electron chi connectivity index (χ1n) is 6.86. The van der Waals surface area contributed by atoms with Gasteiger partial charge in [-0.05, 0) is 37.5 Å². The van der Waals surface area contributed by atoms with Crippen LogP contribution in [-0.2, 0) is 14.8 Å². The summed E-state index contributed by atoms with van der Waals surface area (Å²) in [6, 6.07) is 4.95. The van der Waals surface area contributed by atoms with Crippen molar-refractivity contribution in [3.8, 4) is 5.75 Å². The second-order valence-electron chi connectivity index (χ2n) is 5.07. The van der Waals surface area contributed by atoms with E-state index in [1.807, 2.05) is 0 Å². The lowest BCUT2D eigenvalue weighted by atomic mass is 10.1. The number of hydrogen-bond acceptors (Lipinski definition) is 4. The molecule has 1 heterocycles. The van der Waals surface area contributed by atoms with Crippen LogP contribution in [0.15, 0.2) is 27.6 Å². The molecule has 21 heavy (non-hydrogen) atoms. The molecular formula is C14H20BrNO4S. The van der Waals surface area contributed by atoms with Gasteiger partial charge in [-0.25, -0.2) is 8.42 Å². The van der Waals surface area contributed by atoms with E-state index in [4.69, 9.17) is 9.47 Å². The molecule has 7 heteroatoms. The lowest BCUT2D eigenvalue weighted by Crippen LogP contribution is -2.37. The molecule has 1 saturated heterocycles. The molecule has 0 saturated carbocycles. The van der Waals surface area contributed by atoms with Crippen LogP contribution in [0, 0.1) is 0 Å². The molecule has 118 valence electrons. The summed E-state index contributed by atoms with van der Waals surface area (Å²) in [5, 5.41) is 0. The molecule has 1 atom stereocenters. The summed E-state index contributed by atoms with van der Waals surface area (Å²) >= 11 is 3.30. The van der Waals surface area contributed by atoms with E-state index in [0.29, 0.717) is 23.4 Å². The Kier molecular flexibility index (Phi) is 5.65. The summed E-state index contributed by atoms with van der Waals surface area (Å²) in [7, 11) is -0.563. The zero-order chi connectivity index (χ0) is 15.5. The Hall–Kier alpha value is -0.630. The Labute approximate surface area is 134 Å². The minimum Gasteiger partial charge on any atom is -0.495 e. The molecule has 0 aliphatic carbocycles. The van der Waals surface area contributed by atoms with Crippen LogP contribution in [-0.4, -0.2) is 46.1 Å². The average molecular weight is 378 g/mol. The Morgan fingerprint density at radius 2 is 2.19 bits per heavy atom. The highest BCUT2D eigenvalue weighted by atomic mass is 79.9. The fraction of sp³-hybridized carbons (Fsp3) is 0.571.